The van der Waals surface area contributed by atoms with Crippen LogP contribution in [0.1, 0.15) is 38.2 Å². The molecule has 1 aromatic rings. The molecule has 1 rings (SSSR count). The molecule has 0 saturated carbocycles. The Morgan fingerprint density at radius 3 is 2.29 bits per heavy atom. The molecular weight excluding hydrogens is 270 g/mol. The van der Waals surface area contributed by atoms with Crippen LogP contribution >= 0.6 is 0 Å². The molecule has 1 atom stereocenters. The van der Waals surface area contributed by atoms with E-state index in [1.807, 2.05) is 26.0 Å². The van der Waals surface area contributed by atoms with Crippen molar-refractivity contribution in [3.8, 4) is 5.75 Å². The van der Waals surface area contributed by atoms with Crippen LogP contribution in [0.15, 0.2) is 24.3 Å². The van der Waals surface area contributed by atoms with E-state index in [2.05, 4.69) is 5.32 Å². The van der Waals surface area contributed by atoms with Crippen LogP contribution in [0.2, 0.25) is 0 Å². The van der Waals surface area contributed by atoms with Crippen molar-refractivity contribution in [3.63, 3.8) is 0 Å². The van der Waals surface area contributed by atoms with Crippen molar-refractivity contribution in [1.29, 1.82) is 0 Å². The van der Waals surface area contributed by atoms with Gasteiger partial charge in [0.2, 0.25) is 5.91 Å². The molecule has 0 radical (unpaired) electrons. The fourth-order valence-corrected chi connectivity index (χ4v) is 2.01. The number of nitrogens with one attached hydrogen (secondary N) is 1. The molecule has 0 bridgehead atoms. The van der Waals surface area contributed by atoms with Crippen LogP contribution in [0.5, 0.6) is 5.75 Å². The zero-order valence-electron chi connectivity index (χ0n) is 12.8. The number of carbonyl (C=O) groups is 2. The number of hydrogen-bond acceptors (Lipinski definition) is 3. The van der Waals surface area contributed by atoms with Crippen LogP contribution in [0.3, 0.4) is 0 Å². The number of ether oxygens (including phenoxy) is 1. The Morgan fingerprint density at radius 2 is 1.81 bits per heavy atom. The highest BCUT2D eigenvalue weighted by atomic mass is 16.5. The monoisotopic (exact) mass is 293 g/mol. The summed E-state index contributed by atoms with van der Waals surface area (Å²) in [7, 11) is 1.57. The Kier molecular flexibility index (Phi) is 6.72. The summed E-state index contributed by atoms with van der Waals surface area (Å²) in [6, 6.07) is 7.16. The van der Waals surface area contributed by atoms with Crippen molar-refractivity contribution < 1.29 is 19.4 Å². The van der Waals surface area contributed by atoms with Gasteiger partial charge in [-0.2, -0.15) is 0 Å². The summed E-state index contributed by atoms with van der Waals surface area (Å²) >= 11 is 0. The number of benzene rings is 1. The predicted octanol–water partition coefficient (Wildman–Crippen LogP) is 2.42. The molecule has 0 heterocycles. The van der Waals surface area contributed by atoms with E-state index in [1.54, 1.807) is 19.2 Å². The van der Waals surface area contributed by atoms with Crippen LogP contribution in [0, 0.1) is 5.92 Å². The second-order valence-electron chi connectivity index (χ2n) is 5.47. The van der Waals surface area contributed by atoms with Gasteiger partial charge in [-0.15, -0.1) is 0 Å². The van der Waals surface area contributed by atoms with E-state index in [4.69, 9.17) is 9.84 Å². The molecule has 0 saturated heterocycles. The first kappa shape index (κ1) is 17.0. The highest BCUT2D eigenvalue weighted by molar-refractivity contribution is 5.78. The molecule has 0 aliphatic carbocycles. The molecule has 1 unspecified atom stereocenters. The van der Waals surface area contributed by atoms with Crippen molar-refractivity contribution in [2.45, 2.75) is 32.6 Å². The standard InChI is InChI=1S/C16H23NO4/c1-11(2)10-17-15(18)8-13(9-16(19)20)12-4-6-14(21-3)7-5-12/h4-7,11,13H,8-10H2,1-3H3,(H,17,18)(H,19,20). The molecule has 0 fully saturated rings. The summed E-state index contributed by atoms with van der Waals surface area (Å²) < 4.78 is 5.08. The number of carbonyl (C=O) groups excluding carboxylic acids is 1. The third kappa shape index (κ3) is 6.29. The van der Waals surface area contributed by atoms with E-state index in [0.29, 0.717) is 18.2 Å². The summed E-state index contributed by atoms with van der Waals surface area (Å²) in [6.45, 7) is 4.62. The third-order valence-corrected chi connectivity index (χ3v) is 3.15. The number of hydrogen-bond donors (Lipinski definition) is 2. The van der Waals surface area contributed by atoms with Gasteiger partial charge in [-0.1, -0.05) is 26.0 Å². The zero-order valence-corrected chi connectivity index (χ0v) is 12.8. The number of carboxylic acid groups (broad SMARTS) is 1. The van der Waals surface area contributed by atoms with Gasteiger partial charge in [-0.3, -0.25) is 9.59 Å². The molecule has 0 aliphatic heterocycles. The predicted molar refractivity (Wildman–Crippen MR) is 80.5 cm³/mol. The Hall–Kier alpha value is -2.04. The molecule has 21 heavy (non-hydrogen) atoms. The van der Waals surface area contributed by atoms with Crippen LogP contribution in [-0.2, 0) is 9.59 Å². The SMILES string of the molecule is COc1ccc(C(CC(=O)O)CC(=O)NCC(C)C)cc1. The fourth-order valence-electron chi connectivity index (χ4n) is 2.01. The maximum Gasteiger partial charge on any atom is 0.303 e. The van der Waals surface area contributed by atoms with Gasteiger partial charge in [0.25, 0.3) is 0 Å². The first-order valence-electron chi connectivity index (χ1n) is 7.04. The molecule has 116 valence electrons. The molecule has 5 heteroatoms. The summed E-state index contributed by atoms with van der Waals surface area (Å²) in [5, 5.41) is 11.8. The van der Waals surface area contributed by atoms with E-state index in [9.17, 15) is 9.59 Å². The van der Waals surface area contributed by atoms with Gasteiger partial charge < -0.3 is 15.2 Å². The van der Waals surface area contributed by atoms with Crippen molar-refractivity contribution in [2.75, 3.05) is 13.7 Å². The minimum atomic E-state index is -0.910. The molecule has 1 aromatic carbocycles. The summed E-state index contributed by atoms with van der Waals surface area (Å²) in [4.78, 5) is 22.9. The second kappa shape index (κ2) is 8.29. The van der Waals surface area contributed by atoms with E-state index in [0.717, 1.165) is 5.56 Å². The molecule has 0 aliphatic rings. The van der Waals surface area contributed by atoms with E-state index >= 15 is 0 Å². The van der Waals surface area contributed by atoms with Gasteiger partial charge in [-0.25, -0.2) is 0 Å². The van der Waals surface area contributed by atoms with Crippen LogP contribution < -0.4 is 10.1 Å². The molecule has 0 spiro atoms. The van der Waals surface area contributed by atoms with Gasteiger partial charge in [0.1, 0.15) is 5.75 Å². The fraction of sp³-hybridized carbons (Fsp3) is 0.500. The lowest BCUT2D eigenvalue weighted by atomic mass is 9.92. The molecular formula is C16H23NO4. The van der Waals surface area contributed by atoms with Crippen molar-refractivity contribution in [1.82, 2.24) is 5.32 Å². The number of rotatable bonds is 8. The Morgan fingerprint density at radius 1 is 1.19 bits per heavy atom. The maximum atomic E-state index is 11.9. The Bertz CT molecular complexity index is 468. The van der Waals surface area contributed by atoms with Gasteiger partial charge in [0.15, 0.2) is 0 Å². The van der Waals surface area contributed by atoms with Gasteiger partial charge in [0.05, 0.1) is 13.5 Å². The number of carboxylic acids is 1. The van der Waals surface area contributed by atoms with Crippen LogP contribution in [-0.4, -0.2) is 30.6 Å². The van der Waals surface area contributed by atoms with Gasteiger partial charge >= 0.3 is 5.97 Å². The lowest BCUT2D eigenvalue weighted by Crippen LogP contribution is -2.29. The smallest absolute Gasteiger partial charge is 0.303 e. The Balaban J connectivity index is 2.74. The number of methoxy groups -OCH3 is 1. The van der Waals surface area contributed by atoms with E-state index < -0.39 is 5.97 Å². The first-order valence-corrected chi connectivity index (χ1v) is 7.04. The lowest BCUT2D eigenvalue weighted by molar-refractivity contribution is -0.137. The number of aliphatic carboxylic acids is 1. The Labute approximate surface area is 125 Å². The first-order chi connectivity index (χ1) is 9.92. The summed E-state index contributed by atoms with van der Waals surface area (Å²) in [6.07, 6.45) is 0.104. The molecule has 2 N–H and O–H groups in total. The average Bonchev–Trinajstić information content (AvgIpc) is 2.44. The second-order valence-corrected chi connectivity index (χ2v) is 5.47. The highest BCUT2D eigenvalue weighted by Gasteiger charge is 2.19. The van der Waals surface area contributed by atoms with Gasteiger partial charge in [0, 0.05) is 18.9 Å². The van der Waals surface area contributed by atoms with E-state index in [-0.39, 0.29) is 24.7 Å². The minimum Gasteiger partial charge on any atom is -0.497 e. The molecule has 5 nitrogen and oxygen atoms in total. The minimum absolute atomic E-state index is 0.0680. The summed E-state index contributed by atoms with van der Waals surface area (Å²) in [5.41, 5.74) is 0.831. The lowest BCUT2D eigenvalue weighted by Gasteiger charge is -2.16. The van der Waals surface area contributed by atoms with Crippen LogP contribution in [0.25, 0.3) is 0 Å². The van der Waals surface area contributed by atoms with Crippen molar-refractivity contribution in [2.24, 2.45) is 5.92 Å². The zero-order chi connectivity index (χ0) is 15.8. The van der Waals surface area contributed by atoms with Gasteiger partial charge in [-0.05, 0) is 23.6 Å². The average molecular weight is 293 g/mol. The normalized spacial score (nSPS) is 12.0. The van der Waals surface area contributed by atoms with Crippen molar-refractivity contribution in [3.05, 3.63) is 29.8 Å². The summed E-state index contributed by atoms with van der Waals surface area (Å²) in [5.74, 6) is -0.288. The topological polar surface area (TPSA) is 75.6 Å². The quantitative estimate of drug-likeness (QED) is 0.772. The third-order valence-electron chi connectivity index (χ3n) is 3.15. The van der Waals surface area contributed by atoms with E-state index in [1.165, 1.54) is 0 Å². The van der Waals surface area contributed by atoms with Crippen LogP contribution in [0.4, 0.5) is 0 Å². The number of amides is 1. The largest absolute Gasteiger partial charge is 0.497 e. The van der Waals surface area contributed by atoms with Crippen molar-refractivity contribution >= 4 is 11.9 Å². The molecule has 0 aromatic heterocycles. The maximum absolute atomic E-state index is 11.9. The molecule has 1 amide bonds. The highest BCUT2D eigenvalue weighted by Crippen LogP contribution is 2.25.